The van der Waals surface area contributed by atoms with Gasteiger partial charge in [-0.1, -0.05) is 35.9 Å². The van der Waals surface area contributed by atoms with Crippen LogP contribution in [0.25, 0.3) is 11.3 Å². The lowest BCUT2D eigenvalue weighted by atomic mass is 10.1. The summed E-state index contributed by atoms with van der Waals surface area (Å²) in [6.45, 7) is 8.42. The van der Waals surface area contributed by atoms with Crippen molar-refractivity contribution in [1.82, 2.24) is 9.55 Å². The highest BCUT2D eigenvalue weighted by molar-refractivity contribution is 9.10. The summed E-state index contributed by atoms with van der Waals surface area (Å²) in [4.78, 5) is 4.59. The fourth-order valence-electron chi connectivity index (χ4n) is 2.12. The number of hydrogen-bond donors (Lipinski definition) is 1. The Morgan fingerprint density at radius 3 is 2.80 bits per heavy atom. The number of halogens is 2. The minimum atomic E-state index is -0.313. The number of aromatic nitrogens is 2. The zero-order chi connectivity index (χ0) is 14.9. The molecule has 3 nitrogen and oxygen atoms in total. The van der Waals surface area contributed by atoms with Gasteiger partial charge in [0.05, 0.1) is 0 Å². The van der Waals surface area contributed by atoms with Gasteiger partial charge in [0.1, 0.15) is 23.2 Å². The Morgan fingerprint density at radius 2 is 2.20 bits per heavy atom. The highest BCUT2D eigenvalue weighted by atomic mass is 79.9. The van der Waals surface area contributed by atoms with E-state index in [1.54, 1.807) is 12.1 Å². The van der Waals surface area contributed by atoms with Crippen molar-refractivity contribution in [3.8, 4) is 11.3 Å². The smallest absolute Gasteiger partial charge is 0.132 e. The van der Waals surface area contributed by atoms with E-state index in [1.807, 2.05) is 18.4 Å². The molecule has 0 aliphatic rings. The summed E-state index contributed by atoms with van der Waals surface area (Å²) in [6, 6.07) is 4.49. The molecule has 5 heteroatoms. The average Bonchev–Trinajstić information content (AvgIpc) is 2.71. The van der Waals surface area contributed by atoms with E-state index in [4.69, 9.17) is 5.73 Å². The van der Waals surface area contributed by atoms with Gasteiger partial charge >= 0.3 is 0 Å². The maximum atomic E-state index is 13.5. The van der Waals surface area contributed by atoms with Crippen molar-refractivity contribution < 1.29 is 4.39 Å². The maximum Gasteiger partial charge on any atom is 0.132 e. The minimum absolute atomic E-state index is 0.221. The molecular formula is C15H17BrFN3. The molecule has 2 aromatic rings. The molecule has 106 valence electrons. The number of nitrogens with zero attached hydrogens (tertiary/aromatic N) is 2. The van der Waals surface area contributed by atoms with Crippen LogP contribution in [-0.2, 0) is 6.54 Å². The predicted molar refractivity (Wildman–Crippen MR) is 84.0 cm³/mol. The molecule has 1 aromatic heterocycles. The lowest BCUT2D eigenvalue weighted by molar-refractivity contribution is 0.628. The van der Waals surface area contributed by atoms with E-state index in [9.17, 15) is 4.39 Å². The maximum absolute atomic E-state index is 13.5. The topological polar surface area (TPSA) is 43.8 Å². The molecule has 0 fully saturated rings. The third-order valence-electron chi connectivity index (χ3n) is 3.05. The van der Waals surface area contributed by atoms with Gasteiger partial charge in [-0.2, -0.15) is 0 Å². The summed E-state index contributed by atoms with van der Waals surface area (Å²) >= 11 is 3.42. The first-order valence-corrected chi connectivity index (χ1v) is 7.17. The summed E-state index contributed by atoms with van der Waals surface area (Å²) in [7, 11) is 0. The monoisotopic (exact) mass is 337 g/mol. The molecule has 20 heavy (non-hydrogen) atoms. The second-order valence-electron chi connectivity index (χ2n) is 4.88. The molecule has 0 aliphatic heterocycles. The number of anilines is 1. The van der Waals surface area contributed by atoms with Crippen molar-refractivity contribution in [1.29, 1.82) is 0 Å². The molecule has 1 aromatic carbocycles. The van der Waals surface area contributed by atoms with Crippen LogP contribution in [0.5, 0.6) is 0 Å². The summed E-state index contributed by atoms with van der Waals surface area (Å²) in [5.41, 5.74) is 7.45. The van der Waals surface area contributed by atoms with Crippen molar-refractivity contribution in [3.05, 3.63) is 47.0 Å². The summed E-state index contributed by atoms with van der Waals surface area (Å²) < 4.78 is 16.1. The Hall–Kier alpha value is -1.62. The van der Waals surface area contributed by atoms with Gasteiger partial charge in [0.15, 0.2) is 0 Å². The highest BCUT2D eigenvalue weighted by Gasteiger charge is 2.19. The van der Waals surface area contributed by atoms with Crippen LogP contribution < -0.4 is 5.73 Å². The molecule has 0 spiro atoms. The van der Waals surface area contributed by atoms with Crippen LogP contribution in [-0.4, -0.2) is 9.55 Å². The van der Waals surface area contributed by atoms with Crippen LogP contribution >= 0.6 is 15.9 Å². The summed E-state index contributed by atoms with van der Waals surface area (Å²) in [5, 5.41) is 0. The van der Waals surface area contributed by atoms with Gasteiger partial charge in [0.25, 0.3) is 0 Å². The average molecular weight is 338 g/mol. The molecule has 0 saturated carbocycles. The number of nitrogen functional groups attached to an aromatic ring is 1. The molecule has 2 N–H and O–H groups in total. The van der Waals surface area contributed by atoms with Crippen molar-refractivity contribution in [2.24, 2.45) is 0 Å². The Morgan fingerprint density at radius 1 is 1.50 bits per heavy atom. The van der Waals surface area contributed by atoms with Gasteiger partial charge in [-0.15, -0.1) is 6.58 Å². The number of nitrogens with two attached hydrogens (primary N) is 1. The van der Waals surface area contributed by atoms with E-state index < -0.39 is 0 Å². The van der Waals surface area contributed by atoms with Crippen molar-refractivity contribution in [3.63, 3.8) is 0 Å². The second kappa shape index (κ2) is 5.79. The molecule has 0 bridgehead atoms. The molecule has 0 aliphatic carbocycles. The fraction of sp³-hybridized carbons (Fsp3) is 0.267. The Labute approximate surface area is 126 Å². The third kappa shape index (κ3) is 2.63. The molecule has 2 rings (SSSR count). The quantitative estimate of drug-likeness (QED) is 0.843. The van der Waals surface area contributed by atoms with Gasteiger partial charge in [-0.25, -0.2) is 9.37 Å². The van der Waals surface area contributed by atoms with Gasteiger partial charge in [0, 0.05) is 22.5 Å². The Balaban J connectivity index is 2.65. The third-order valence-corrected chi connectivity index (χ3v) is 3.74. The van der Waals surface area contributed by atoms with Crippen LogP contribution in [0.15, 0.2) is 35.3 Å². The minimum Gasteiger partial charge on any atom is -0.383 e. The first-order valence-electron chi connectivity index (χ1n) is 6.38. The number of imidazole rings is 1. The number of allylic oxidation sites excluding steroid dienone is 1. The molecular weight excluding hydrogens is 321 g/mol. The van der Waals surface area contributed by atoms with Crippen molar-refractivity contribution in [2.45, 2.75) is 26.3 Å². The molecule has 0 atom stereocenters. The standard InChI is InChI=1S/C15H17BrFN3/c1-4-7-20-14(18)13(19-15(20)9(2)3)11-8-10(17)5-6-12(11)16/h4-6,8-9H,1,7,18H2,2-3H3. The molecule has 0 amide bonds. The molecule has 0 saturated heterocycles. The molecule has 1 heterocycles. The first kappa shape index (κ1) is 14.8. The molecule has 0 radical (unpaired) electrons. The van der Waals surface area contributed by atoms with Crippen molar-refractivity contribution in [2.75, 3.05) is 5.73 Å². The Kier molecular flexibility index (Phi) is 4.28. The number of rotatable bonds is 4. The van der Waals surface area contributed by atoms with Crippen LogP contribution in [0.2, 0.25) is 0 Å². The van der Waals surface area contributed by atoms with E-state index in [-0.39, 0.29) is 11.7 Å². The van der Waals surface area contributed by atoms with E-state index in [0.717, 1.165) is 10.3 Å². The lowest BCUT2D eigenvalue weighted by Gasteiger charge is -2.09. The largest absolute Gasteiger partial charge is 0.383 e. The van der Waals surface area contributed by atoms with Crippen LogP contribution in [0.3, 0.4) is 0 Å². The zero-order valence-corrected chi connectivity index (χ0v) is 13.1. The second-order valence-corrected chi connectivity index (χ2v) is 5.74. The molecule has 0 unspecified atom stereocenters. The SMILES string of the molecule is C=CCn1c(C(C)C)nc(-c2cc(F)ccc2Br)c1N. The first-order chi connectivity index (χ1) is 9.45. The van der Waals surface area contributed by atoms with Crippen LogP contribution in [0, 0.1) is 5.82 Å². The number of hydrogen-bond acceptors (Lipinski definition) is 2. The van der Waals surface area contributed by atoms with Gasteiger partial charge in [-0.3, -0.25) is 0 Å². The normalized spacial score (nSPS) is 11.1. The summed E-state index contributed by atoms with van der Waals surface area (Å²) in [5.74, 6) is 1.30. The number of benzene rings is 1. The highest BCUT2D eigenvalue weighted by Crippen LogP contribution is 2.34. The van der Waals surface area contributed by atoms with E-state index in [2.05, 4.69) is 27.5 Å². The van der Waals surface area contributed by atoms with Gasteiger partial charge < -0.3 is 10.3 Å². The van der Waals surface area contributed by atoms with E-state index in [1.165, 1.54) is 12.1 Å². The van der Waals surface area contributed by atoms with Crippen LogP contribution in [0.1, 0.15) is 25.6 Å². The summed E-state index contributed by atoms with van der Waals surface area (Å²) in [6.07, 6.45) is 1.77. The fourth-order valence-corrected chi connectivity index (χ4v) is 2.56. The lowest BCUT2D eigenvalue weighted by Crippen LogP contribution is -2.07. The van der Waals surface area contributed by atoms with Crippen LogP contribution in [0.4, 0.5) is 10.2 Å². The zero-order valence-electron chi connectivity index (χ0n) is 11.5. The van der Waals surface area contributed by atoms with Gasteiger partial charge in [-0.05, 0) is 18.2 Å². The van der Waals surface area contributed by atoms with Gasteiger partial charge in [0.2, 0.25) is 0 Å². The Bertz CT molecular complexity index is 647. The van der Waals surface area contributed by atoms with E-state index >= 15 is 0 Å². The van der Waals surface area contributed by atoms with E-state index in [0.29, 0.717) is 23.6 Å². The van der Waals surface area contributed by atoms with Crippen molar-refractivity contribution >= 4 is 21.7 Å². The predicted octanol–water partition coefficient (Wildman–Crippen LogP) is 4.34.